The summed E-state index contributed by atoms with van der Waals surface area (Å²) < 4.78 is 45.7. The number of nitrogens with one attached hydrogen (secondary N) is 1. The molecule has 1 atom stereocenters. The summed E-state index contributed by atoms with van der Waals surface area (Å²) >= 11 is 0. The van der Waals surface area contributed by atoms with Gasteiger partial charge in [-0.05, 0) is 37.6 Å². The lowest BCUT2D eigenvalue weighted by Gasteiger charge is -2.31. The molecule has 0 aliphatic rings. The molecule has 4 rings (SSSR count). The van der Waals surface area contributed by atoms with Crippen molar-refractivity contribution in [3.63, 3.8) is 0 Å². The van der Waals surface area contributed by atoms with E-state index >= 15 is 0 Å². The fourth-order valence-corrected chi connectivity index (χ4v) is 3.83. The molecule has 0 saturated heterocycles. The Morgan fingerprint density at radius 3 is 2.52 bits per heavy atom. The number of aliphatic hydroxyl groups is 1. The van der Waals surface area contributed by atoms with E-state index in [2.05, 4.69) is 10.4 Å². The van der Waals surface area contributed by atoms with Crippen LogP contribution in [0.25, 0.3) is 21.8 Å². The first-order valence-corrected chi connectivity index (χ1v) is 9.67. The molecule has 0 aliphatic heterocycles. The van der Waals surface area contributed by atoms with Crippen LogP contribution in [0.5, 0.6) is 0 Å². The molecular formula is C22H21F3N4O2. The lowest BCUT2D eigenvalue weighted by Crippen LogP contribution is -2.43. The largest absolute Gasteiger partial charge is 0.425 e. The Hall–Kier alpha value is -3.33. The smallest absolute Gasteiger partial charge is 0.372 e. The van der Waals surface area contributed by atoms with Crippen molar-refractivity contribution in [1.82, 2.24) is 19.7 Å². The van der Waals surface area contributed by atoms with Crippen LogP contribution in [0.2, 0.25) is 0 Å². The van der Waals surface area contributed by atoms with E-state index in [1.165, 1.54) is 30.6 Å². The SMILES string of the molecule is CC(C)NC(=O)n1ncc2cc(C(O)(c3cn(C)c4ccccc34)C(F)(F)F)ccc21. The van der Waals surface area contributed by atoms with Crippen molar-refractivity contribution in [1.29, 1.82) is 0 Å². The van der Waals surface area contributed by atoms with Crippen molar-refractivity contribution in [3.05, 3.63) is 66.0 Å². The van der Waals surface area contributed by atoms with E-state index in [1.54, 1.807) is 49.7 Å². The van der Waals surface area contributed by atoms with Gasteiger partial charge in [0.1, 0.15) is 0 Å². The van der Waals surface area contributed by atoms with Crippen molar-refractivity contribution >= 4 is 27.8 Å². The minimum absolute atomic E-state index is 0.132. The van der Waals surface area contributed by atoms with Gasteiger partial charge in [0, 0.05) is 41.1 Å². The van der Waals surface area contributed by atoms with Crippen LogP contribution in [0.15, 0.2) is 54.9 Å². The highest BCUT2D eigenvalue weighted by atomic mass is 19.4. The average molecular weight is 430 g/mol. The summed E-state index contributed by atoms with van der Waals surface area (Å²) in [6.45, 7) is 3.57. The molecule has 4 aromatic rings. The topological polar surface area (TPSA) is 72.1 Å². The third-order valence-electron chi connectivity index (χ3n) is 5.29. The lowest BCUT2D eigenvalue weighted by molar-refractivity contribution is -0.247. The van der Waals surface area contributed by atoms with Gasteiger partial charge in [-0.1, -0.05) is 24.3 Å². The number of carbonyl (C=O) groups excluding carboxylic acids is 1. The van der Waals surface area contributed by atoms with Crippen molar-refractivity contribution < 1.29 is 23.1 Å². The Bertz CT molecular complexity index is 1290. The number of para-hydroxylation sites is 1. The summed E-state index contributed by atoms with van der Waals surface area (Å²) in [5, 5.41) is 18.4. The molecule has 2 aromatic heterocycles. The number of amides is 1. The van der Waals surface area contributed by atoms with E-state index in [4.69, 9.17) is 0 Å². The van der Waals surface area contributed by atoms with Crippen LogP contribution in [0.3, 0.4) is 0 Å². The second-order valence-electron chi connectivity index (χ2n) is 7.81. The van der Waals surface area contributed by atoms with Crippen LogP contribution in [0.1, 0.15) is 25.0 Å². The third kappa shape index (κ3) is 3.25. The summed E-state index contributed by atoms with van der Waals surface area (Å²) in [6, 6.07) is 9.73. The van der Waals surface area contributed by atoms with E-state index < -0.39 is 17.8 Å². The molecule has 0 radical (unpaired) electrons. The molecule has 2 aromatic carbocycles. The van der Waals surface area contributed by atoms with Crippen LogP contribution in [-0.2, 0) is 12.6 Å². The summed E-state index contributed by atoms with van der Waals surface area (Å²) in [5.41, 5.74) is -2.96. The summed E-state index contributed by atoms with van der Waals surface area (Å²) in [6.07, 6.45) is -2.39. The number of fused-ring (bicyclic) bond motifs is 2. The standard InChI is InChI=1S/C22H21F3N4O2/c1-13(2)27-20(30)29-18-9-8-15(10-14(18)11-26-29)21(31,22(23,24)25)17-12-28(3)19-7-5-4-6-16(17)19/h4-13,31H,1-3H3,(H,27,30). The van der Waals surface area contributed by atoms with E-state index in [1.807, 2.05) is 0 Å². The number of hydrogen-bond donors (Lipinski definition) is 2. The predicted octanol–water partition coefficient (Wildman–Crippen LogP) is 4.29. The monoisotopic (exact) mass is 430 g/mol. The molecule has 0 aliphatic carbocycles. The van der Waals surface area contributed by atoms with Crippen molar-refractivity contribution in [3.8, 4) is 0 Å². The van der Waals surface area contributed by atoms with Gasteiger partial charge >= 0.3 is 12.2 Å². The van der Waals surface area contributed by atoms with Crippen molar-refractivity contribution in [2.45, 2.75) is 31.7 Å². The normalized spacial score (nSPS) is 14.3. The fourth-order valence-electron chi connectivity index (χ4n) is 3.83. The summed E-state index contributed by atoms with van der Waals surface area (Å²) in [4.78, 5) is 12.3. The zero-order chi connectivity index (χ0) is 22.6. The highest BCUT2D eigenvalue weighted by Gasteiger charge is 2.57. The Morgan fingerprint density at radius 2 is 1.84 bits per heavy atom. The van der Waals surface area contributed by atoms with E-state index in [0.29, 0.717) is 21.8 Å². The first-order valence-electron chi connectivity index (χ1n) is 9.67. The highest BCUT2D eigenvalue weighted by molar-refractivity contribution is 5.91. The van der Waals surface area contributed by atoms with Gasteiger partial charge in [0.25, 0.3) is 0 Å². The minimum atomic E-state index is -4.99. The zero-order valence-corrected chi connectivity index (χ0v) is 17.1. The number of aromatic nitrogens is 3. The summed E-state index contributed by atoms with van der Waals surface area (Å²) in [7, 11) is 1.63. The number of benzene rings is 2. The average Bonchev–Trinajstić information content (AvgIpc) is 3.27. The van der Waals surface area contributed by atoms with Crippen LogP contribution >= 0.6 is 0 Å². The first-order chi connectivity index (χ1) is 14.5. The molecule has 6 nitrogen and oxygen atoms in total. The molecule has 31 heavy (non-hydrogen) atoms. The van der Waals surface area contributed by atoms with Crippen LogP contribution in [0.4, 0.5) is 18.0 Å². The molecule has 0 saturated carbocycles. The van der Waals surface area contributed by atoms with E-state index in [9.17, 15) is 23.1 Å². The van der Waals surface area contributed by atoms with Gasteiger partial charge in [-0.15, -0.1) is 0 Å². The number of carbonyl (C=O) groups is 1. The van der Waals surface area contributed by atoms with Gasteiger partial charge in [0.15, 0.2) is 0 Å². The van der Waals surface area contributed by atoms with Crippen LogP contribution < -0.4 is 5.32 Å². The van der Waals surface area contributed by atoms with Gasteiger partial charge in [-0.2, -0.15) is 23.0 Å². The number of rotatable bonds is 3. The molecular weight excluding hydrogens is 409 g/mol. The highest BCUT2D eigenvalue weighted by Crippen LogP contribution is 2.47. The number of halogens is 3. The van der Waals surface area contributed by atoms with Gasteiger partial charge in [-0.25, -0.2) is 4.79 Å². The van der Waals surface area contributed by atoms with E-state index in [-0.39, 0.29) is 17.2 Å². The minimum Gasteiger partial charge on any atom is -0.372 e. The van der Waals surface area contributed by atoms with Crippen LogP contribution in [-0.4, -0.2) is 37.7 Å². The molecule has 0 bridgehead atoms. The second-order valence-corrected chi connectivity index (χ2v) is 7.81. The number of alkyl halides is 3. The van der Waals surface area contributed by atoms with Crippen LogP contribution in [0, 0.1) is 0 Å². The Kier molecular flexibility index (Phi) is 4.81. The van der Waals surface area contributed by atoms with Gasteiger partial charge < -0.3 is 15.0 Å². The fraction of sp³-hybridized carbons (Fsp3) is 0.273. The number of nitrogens with zero attached hydrogens (tertiary/aromatic N) is 3. The Morgan fingerprint density at radius 1 is 1.13 bits per heavy atom. The molecule has 0 fully saturated rings. The Balaban J connectivity index is 1.90. The number of aryl methyl sites for hydroxylation is 1. The number of hydrogen-bond acceptors (Lipinski definition) is 3. The molecule has 1 amide bonds. The van der Waals surface area contributed by atoms with Gasteiger partial charge in [0.05, 0.1) is 11.7 Å². The lowest BCUT2D eigenvalue weighted by atomic mass is 9.85. The van der Waals surface area contributed by atoms with Gasteiger partial charge in [0.2, 0.25) is 5.60 Å². The maximum Gasteiger partial charge on any atom is 0.425 e. The molecule has 2 heterocycles. The maximum absolute atomic E-state index is 14.3. The van der Waals surface area contributed by atoms with Crippen molar-refractivity contribution in [2.75, 3.05) is 0 Å². The Labute approximate surface area is 175 Å². The maximum atomic E-state index is 14.3. The molecule has 2 N–H and O–H groups in total. The molecule has 1 unspecified atom stereocenters. The first kappa shape index (κ1) is 20.9. The van der Waals surface area contributed by atoms with Crippen molar-refractivity contribution in [2.24, 2.45) is 7.05 Å². The second kappa shape index (κ2) is 7.12. The molecule has 0 spiro atoms. The third-order valence-corrected chi connectivity index (χ3v) is 5.29. The zero-order valence-electron chi connectivity index (χ0n) is 17.1. The van der Waals surface area contributed by atoms with E-state index in [0.717, 1.165) is 4.68 Å². The molecule has 9 heteroatoms. The predicted molar refractivity (Wildman–Crippen MR) is 111 cm³/mol. The quantitative estimate of drug-likeness (QED) is 0.509. The van der Waals surface area contributed by atoms with Gasteiger partial charge in [-0.3, -0.25) is 0 Å². The summed E-state index contributed by atoms with van der Waals surface area (Å²) in [5.74, 6) is 0. The molecule has 162 valence electrons.